The molecule has 0 aliphatic carbocycles. The van der Waals surface area contributed by atoms with Gasteiger partial charge in [-0.25, -0.2) is 0 Å². The fraction of sp³-hybridized carbons (Fsp3) is 0.273. The van der Waals surface area contributed by atoms with E-state index in [2.05, 4.69) is 5.16 Å². The molecule has 0 aliphatic heterocycles. The van der Waals surface area contributed by atoms with Gasteiger partial charge in [-0.05, 0) is 44.0 Å². The third-order valence-electron chi connectivity index (χ3n) is 4.69. The molecule has 1 atom stereocenters. The summed E-state index contributed by atoms with van der Waals surface area (Å²) in [5.74, 6) is 0.972. The van der Waals surface area contributed by atoms with Crippen LogP contribution < -0.4 is 4.74 Å². The summed E-state index contributed by atoms with van der Waals surface area (Å²) in [5.41, 5.74) is 3.02. The van der Waals surface area contributed by atoms with Crippen molar-refractivity contribution in [3.63, 3.8) is 0 Å². The minimum atomic E-state index is -0.588. The van der Waals surface area contributed by atoms with Gasteiger partial charge in [0.1, 0.15) is 24.2 Å². The molecule has 1 heterocycles. The third kappa shape index (κ3) is 5.22. The van der Waals surface area contributed by atoms with Gasteiger partial charge in [-0.1, -0.05) is 29.4 Å². The predicted molar refractivity (Wildman–Crippen MR) is 108 cm³/mol. The van der Waals surface area contributed by atoms with Crippen molar-refractivity contribution >= 4 is 11.7 Å². The van der Waals surface area contributed by atoms with Crippen LogP contribution in [-0.2, 0) is 22.6 Å². The quantitative estimate of drug-likeness (QED) is 0.303. The van der Waals surface area contributed by atoms with E-state index in [-0.39, 0.29) is 12.1 Å². The van der Waals surface area contributed by atoms with Gasteiger partial charge in [0, 0.05) is 12.1 Å². The highest BCUT2D eigenvalue weighted by Crippen LogP contribution is 2.23. The van der Waals surface area contributed by atoms with Crippen molar-refractivity contribution in [1.82, 2.24) is 5.16 Å². The summed E-state index contributed by atoms with van der Waals surface area (Å²) in [6, 6.07) is 13.2. The van der Waals surface area contributed by atoms with E-state index in [4.69, 9.17) is 14.0 Å². The highest BCUT2D eigenvalue weighted by atomic mass is 16.6. The first-order chi connectivity index (χ1) is 14.3. The Kier molecular flexibility index (Phi) is 6.46. The molecule has 1 aromatic heterocycles. The van der Waals surface area contributed by atoms with Crippen molar-refractivity contribution in [3.8, 4) is 5.75 Å². The number of carbonyl (C=O) groups is 1. The Morgan fingerprint density at radius 2 is 1.93 bits per heavy atom. The molecule has 8 nitrogen and oxygen atoms in total. The van der Waals surface area contributed by atoms with E-state index in [1.54, 1.807) is 43.3 Å². The predicted octanol–water partition coefficient (Wildman–Crippen LogP) is 4.63. The number of rotatable bonds is 8. The van der Waals surface area contributed by atoms with Crippen LogP contribution in [0.3, 0.4) is 0 Å². The number of hydrogen-bond acceptors (Lipinski definition) is 7. The van der Waals surface area contributed by atoms with Gasteiger partial charge in [0.05, 0.1) is 22.6 Å². The van der Waals surface area contributed by atoms with Gasteiger partial charge in [0.15, 0.2) is 0 Å². The van der Waals surface area contributed by atoms with E-state index < -0.39 is 17.0 Å². The van der Waals surface area contributed by atoms with Gasteiger partial charge in [-0.15, -0.1) is 0 Å². The zero-order valence-corrected chi connectivity index (χ0v) is 17.0. The number of nitro groups is 1. The number of esters is 1. The smallest absolute Gasteiger partial charge is 0.310 e. The zero-order chi connectivity index (χ0) is 21.7. The lowest BCUT2D eigenvalue weighted by Gasteiger charge is -2.13. The normalized spacial score (nSPS) is 11.7. The second kappa shape index (κ2) is 9.21. The molecule has 0 unspecified atom stereocenters. The number of nitrogens with zero attached hydrogens (tertiary/aromatic N) is 2. The molecule has 0 radical (unpaired) electrons. The summed E-state index contributed by atoms with van der Waals surface area (Å²) < 4.78 is 16.3. The molecule has 0 spiro atoms. The number of non-ortho nitro benzene ring substituents is 1. The Hall–Kier alpha value is -3.68. The van der Waals surface area contributed by atoms with Crippen molar-refractivity contribution in [2.45, 2.75) is 39.9 Å². The average molecular weight is 410 g/mol. The summed E-state index contributed by atoms with van der Waals surface area (Å²) in [6.07, 6.45) is -0.501. The molecule has 3 aromatic rings. The molecule has 30 heavy (non-hydrogen) atoms. The lowest BCUT2D eigenvalue weighted by atomic mass is 10.1. The number of hydrogen-bond donors (Lipinski definition) is 0. The van der Waals surface area contributed by atoms with Crippen molar-refractivity contribution in [2.75, 3.05) is 0 Å². The fourth-order valence-corrected chi connectivity index (χ4v) is 2.93. The van der Waals surface area contributed by atoms with E-state index in [0.717, 1.165) is 22.6 Å². The highest BCUT2D eigenvalue weighted by Gasteiger charge is 2.15. The molecular formula is C22H22N2O6. The standard InChI is InChI=1S/C22H22N2O6/c1-14-21(16(3)30-23-14)13-28-20-9-7-17(8-10-20)11-22(25)29-15(2)18-5-4-6-19(12-18)24(26)27/h4-10,12,15H,11,13H2,1-3H3/t15-/m1/s1. The molecule has 0 saturated heterocycles. The lowest BCUT2D eigenvalue weighted by molar-refractivity contribution is -0.385. The maximum absolute atomic E-state index is 12.3. The molecule has 0 N–H and O–H groups in total. The van der Waals surface area contributed by atoms with E-state index in [1.807, 2.05) is 13.8 Å². The van der Waals surface area contributed by atoms with Crippen LogP contribution >= 0.6 is 0 Å². The minimum absolute atomic E-state index is 0.0393. The number of carbonyl (C=O) groups excluding carboxylic acids is 1. The van der Waals surface area contributed by atoms with Crippen molar-refractivity contribution in [2.24, 2.45) is 0 Å². The molecule has 8 heteroatoms. The molecule has 0 amide bonds. The van der Waals surface area contributed by atoms with Gasteiger partial charge < -0.3 is 14.0 Å². The number of aromatic nitrogens is 1. The van der Waals surface area contributed by atoms with Crippen LogP contribution in [0, 0.1) is 24.0 Å². The SMILES string of the molecule is Cc1noc(C)c1COc1ccc(CC(=O)O[C@H](C)c2cccc([N+](=O)[O-])c2)cc1. The third-order valence-corrected chi connectivity index (χ3v) is 4.69. The molecular weight excluding hydrogens is 388 g/mol. The molecule has 0 bridgehead atoms. The second-order valence-electron chi connectivity index (χ2n) is 6.90. The summed E-state index contributed by atoms with van der Waals surface area (Å²) in [7, 11) is 0. The number of aryl methyl sites for hydroxylation is 2. The lowest BCUT2D eigenvalue weighted by Crippen LogP contribution is -2.11. The van der Waals surface area contributed by atoms with Crippen molar-refractivity contribution < 1.29 is 23.7 Å². The first-order valence-corrected chi connectivity index (χ1v) is 9.41. The van der Waals surface area contributed by atoms with Crippen LogP contribution in [0.15, 0.2) is 53.1 Å². The molecule has 156 valence electrons. The largest absolute Gasteiger partial charge is 0.489 e. The summed E-state index contributed by atoms with van der Waals surface area (Å²) in [6.45, 7) is 5.73. The highest BCUT2D eigenvalue weighted by molar-refractivity contribution is 5.73. The Labute approximate surface area is 173 Å². The second-order valence-corrected chi connectivity index (χ2v) is 6.90. The van der Waals surface area contributed by atoms with Crippen LogP contribution in [0.1, 0.15) is 41.2 Å². The number of ether oxygens (including phenoxy) is 2. The van der Waals surface area contributed by atoms with Crippen molar-refractivity contribution in [3.05, 3.63) is 86.8 Å². The molecule has 0 fully saturated rings. The van der Waals surface area contributed by atoms with Gasteiger partial charge in [-0.2, -0.15) is 0 Å². The average Bonchev–Trinajstić information content (AvgIpc) is 3.05. The van der Waals surface area contributed by atoms with Crippen LogP contribution in [0.5, 0.6) is 5.75 Å². The molecule has 2 aromatic carbocycles. The number of benzene rings is 2. The minimum Gasteiger partial charge on any atom is -0.489 e. The number of nitro benzene ring substituents is 1. The topological polar surface area (TPSA) is 105 Å². The Balaban J connectivity index is 1.54. The van der Waals surface area contributed by atoms with Gasteiger partial charge in [0.2, 0.25) is 0 Å². The Bertz CT molecular complexity index is 1020. The van der Waals surface area contributed by atoms with Crippen LogP contribution in [0.2, 0.25) is 0 Å². The van der Waals surface area contributed by atoms with E-state index >= 15 is 0 Å². The Morgan fingerprint density at radius 3 is 2.57 bits per heavy atom. The summed E-state index contributed by atoms with van der Waals surface area (Å²) >= 11 is 0. The molecule has 0 aliphatic rings. The Morgan fingerprint density at radius 1 is 1.20 bits per heavy atom. The van der Waals surface area contributed by atoms with Gasteiger partial charge >= 0.3 is 5.97 Å². The maximum atomic E-state index is 12.3. The first-order valence-electron chi connectivity index (χ1n) is 9.41. The maximum Gasteiger partial charge on any atom is 0.310 e. The monoisotopic (exact) mass is 410 g/mol. The summed E-state index contributed by atoms with van der Waals surface area (Å²) in [5, 5.41) is 14.8. The fourth-order valence-electron chi connectivity index (χ4n) is 2.93. The van der Waals surface area contributed by atoms with Crippen LogP contribution in [-0.4, -0.2) is 16.0 Å². The van der Waals surface area contributed by atoms with Gasteiger partial charge in [0.25, 0.3) is 5.69 Å². The van der Waals surface area contributed by atoms with Crippen molar-refractivity contribution in [1.29, 1.82) is 0 Å². The molecule has 0 saturated carbocycles. The van der Waals surface area contributed by atoms with Crippen LogP contribution in [0.4, 0.5) is 5.69 Å². The van der Waals surface area contributed by atoms with E-state index in [0.29, 0.717) is 17.9 Å². The van der Waals surface area contributed by atoms with E-state index in [9.17, 15) is 14.9 Å². The molecule has 3 rings (SSSR count). The van der Waals surface area contributed by atoms with Crippen LogP contribution in [0.25, 0.3) is 0 Å². The zero-order valence-electron chi connectivity index (χ0n) is 17.0. The van der Waals surface area contributed by atoms with Gasteiger partial charge in [-0.3, -0.25) is 14.9 Å². The summed E-state index contributed by atoms with van der Waals surface area (Å²) in [4.78, 5) is 22.7. The van der Waals surface area contributed by atoms with E-state index in [1.165, 1.54) is 12.1 Å². The first kappa shape index (κ1) is 21.0.